The molecule has 0 bridgehead atoms. The summed E-state index contributed by atoms with van der Waals surface area (Å²) in [6.07, 6.45) is -4.11. The van der Waals surface area contributed by atoms with E-state index in [0.717, 1.165) is 12.1 Å². The van der Waals surface area contributed by atoms with Gasteiger partial charge in [0.25, 0.3) is 5.69 Å². The fraction of sp³-hybridized carbons (Fsp3) is 0.500. The topological polar surface area (TPSA) is 64.4 Å². The molecule has 0 atom stereocenters. The highest BCUT2D eigenvalue weighted by atomic mass is 19.3. The molecule has 0 spiro atoms. The molecule has 0 aliphatic heterocycles. The summed E-state index contributed by atoms with van der Waals surface area (Å²) < 4.78 is 55.0. The van der Waals surface area contributed by atoms with E-state index in [2.05, 4.69) is 5.32 Å². The molecule has 0 saturated heterocycles. The van der Waals surface area contributed by atoms with E-state index in [4.69, 9.17) is 4.74 Å². The van der Waals surface area contributed by atoms with Crippen LogP contribution in [-0.4, -0.2) is 29.9 Å². The second-order valence-electron chi connectivity index (χ2n) is 4.55. The second kappa shape index (κ2) is 6.59. The van der Waals surface area contributed by atoms with Crippen molar-refractivity contribution in [3.63, 3.8) is 0 Å². The largest absolute Gasteiger partial charge is 0.491 e. The normalized spacial score (nSPS) is 11.8. The second-order valence-corrected chi connectivity index (χ2v) is 4.55. The number of nitrogens with one attached hydrogen (secondary N) is 1. The van der Waals surface area contributed by atoms with Gasteiger partial charge in [-0.05, 0) is 13.8 Å². The highest BCUT2D eigenvalue weighted by molar-refractivity contribution is 5.56. The first-order valence-electron chi connectivity index (χ1n) is 5.98. The Morgan fingerprint density at radius 1 is 1.33 bits per heavy atom. The summed E-state index contributed by atoms with van der Waals surface area (Å²) in [5.74, 6) is -4.15. The van der Waals surface area contributed by atoms with Crippen LogP contribution in [0.1, 0.15) is 13.8 Å². The van der Waals surface area contributed by atoms with Crippen molar-refractivity contribution in [1.29, 1.82) is 0 Å². The van der Waals surface area contributed by atoms with E-state index in [0.29, 0.717) is 0 Å². The Morgan fingerprint density at radius 2 is 1.95 bits per heavy atom. The number of nitro benzene ring substituents is 1. The van der Waals surface area contributed by atoms with E-state index >= 15 is 0 Å². The van der Waals surface area contributed by atoms with Gasteiger partial charge in [0, 0.05) is 17.8 Å². The monoisotopic (exact) mass is 310 g/mol. The molecular formula is C12H14F4N2O3. The van der Waals surface area contributed by atoms with Gasteiger partial charge in [-0.3, -0.25) is 10.1 Å². The fourth-order valence-electron chi connectivity index (χ4n) is 1.43. The number of halogens is 4. The van der Waals surface area contributed by atoms with Gasteiger partial charge >= 0.3 is 12.3 Å². The Labute approximate surface area is 118 Å². The first-order valence-corrected chi connectivity index (χ1v) is 5.98. The van der Waals surface area contributed by atoms with E-state index in [9.17, 15) is 27.7 Å². The third kappa shape index (κ3) is 5.09. The Bertz CT molecular complexity index is 509. The molecule has 5 nitrogen and oxygen atoms in total. The molecule has 1 aromatic rings. The van der Waals surface area contributed by atoms with Crippen LogP contribution in [0.25, 0.3) is 0 Å². The van der Waals surface area contributed by atoms with Gasteiger partial charge in [0.1, 0.15) is 5.75 Å². The van der Waals surface area contributed by atoms with Crippen molar-refractivity contribution in [2.45, 2.75) is 32.3 Å². The third-order valence-corrected chi connectivity index (χ3v) is 2.32. The van der Waals surface area contributed by atoms with Gasteiger partial charge < -0.3 is 10.1 Å². The average molecular weight is 310 g/mol. The molecule has 0 saturated carbocycles. The Kier molecular flexibility index (Phi) is 5.34. The van der Waals surface area contributed by atoms with Crippen LogP contribution in [-0.2, 0) is 0 Å². The zero-order chi connectivity index (χ0) is 16.2. The molecule has 9 heteroatoms. The number of hydrogen-bond acceptors (Lipinski definition) is 4. The standard InChI is InChI=1S/C12H14F4N2O3/c1-7(2)21-10-4-8(3-9(5-10)18(19)20)17-6-12(15,16)11(13)14/h3-5,7,11,17H,6H2,1-2H3. The molecule has 0 amide bonds. The number of nitrogens with zero attached hydrogens (tertiary/aromatic N) is 1. The predicted molar refractivity (Wildman–Crippen MR) is 68.3 cm³/mol. The molecule has 0 heterocycles. The molecule has 0 aromatic heterocycles. The van der Waals surface area contributed by atoms with Gasteiger partial charge in [0.2, 0.25) is 0 Å². The molecule has 0 aliphatic rings. The van der Waals surface area contributed by atoms with Gasteiger partial charge in [0.15, 0.2) is 0 Å². The van der Waals surface area contributed by atoms with E-state index in [1.54, 1.807) is 13.8 Å². The molecule has 1 rings (SSSR count). The van der Waals surface area contributed by atoms with Crippen molar-refractivity contribution in [3.8, 4) is 5.75 Å². The van der Waals surface area contributed by atoms with Crippen molar-refractivity contribution in [1.82, 2.24) is 0 Å². The maximum atomic E-state index is 12.8. The highest BCUT2D eigenvalue weighted by Crippen LogP contribution is 2.29. The smallest absolute Gasteiger partial charge is 0.324 e. The number of alkyl halides is 4. The van der Waals surface area contributed by atoms with Crippen LogP contribution in [0.5, 0.6) is 5.75 Å². The van der Waals surface area contributed by atoms with Gasteiger partial charge in [-0.15, -0.1) is 0 Å². The maximum Gasteiger partial charge on any atom is 0.324 e. The van der Waals surface area contributed by atoms with Crippen LogP contribution < -0.4 is 10.1 Å². The molecule has 0 fully saturated rings. The fourth-order valence-corrected chi connectivity index (χ4v) is 1.43. The number of rotatable bonds is 7. The van der Waals surface area contributed by atoms with Crippen LogP contribution in [0.4, 0.5) is 28.9 Å². The third-order valence-electron chi connectivity index (χ3n) is 2.32. The van der Waals surface area contributed by atoms with E-state index in [1.807, 2.05) is 0 Å². The van der Waals surface area contributed by atoms with Crippen molar-refractivity contribution in [3.05, 3.63) is 28.3 Å². The first kappa shape index (κ1) is 17.0. The Hall–Kier alpha value is -2.06. The average Bonchev–Trinajstić information content (AvgIpc) is 2.35. The van der Waals surface area contributed by atoms with Crippen molar-refractivity contribution < 1.29 is 27.2 Å². The molecule has 0 aliphatic carbocycles. The van der Waals surface area contributed by atoms with Crippen molar-refractivity contribution >= 4 is 11.4 Å². The number of ether oxygens (including phenoxy) is 1. The number of anilines is 1. The minimum Gasteiger partial charge on any atom is -0.491 e. The van der Waals surface area contributed by atoms with Crippen LogP contribution in [0.15, 0.2) is 18.2 Å². The molecule has 1 aromatic carbocycles. The summed E-state index contributed by atoms with van der Waals surface area (Å²) >= 11 is 0. The molecule has 118 valence electrons. The molecule has 1 N–H and O–H groups in total. The summed E-state index contributed by atoms with van der Waals surface area (Å²) in [6.45, 7) is 2.01. The Balaban J connectivity index is 2.95. The van der Waals surface area contributed by atoms with E-state index in [1.165, 1.54) is 6.07 Å². The zero-order valence-corrected chi connectivity index (χ0v) is 11.3. The predicted octanol–water partition coefficient (Wildman–Crippen LogP) is 3.69. The molecule has 0 unspecified atom stereocenters. The van der Waals surface area contributed by atoms with E-state index in [-0.39, 0.29) is 17.5 Å². The molecule has 0 radical (unpaired) electrons. The zero-order valence-electron chi connectivity index (χ0n) is 11.3. The number of non-ortho nitro benzene ring substituents is 1. The maximum absolute atomic E-state index is 12.8. The lowest BCUT2D eigenvalue weighted by atomic mass is 10.2. The summed E-state index contributed by atoms with van der Waals surface area (Å²) in [4.78, 5) is 10.0. The van der Waals surface area contributed by atoms with Crippen LogP contribution >= 0.6 is 0 Å². The lowest BCUT2D eigenvalue weighted by molar-refractivity contribution is -0.384. The van der Waals surface area contributed by atoms with Crippen molar-refractivity contribution in [2.24, 2.45) is 0 Å². The lowest BCUT2D eigenvalue weighted by Crippen LogP contribution is -2.34. The summed E-state index contributed by atoms with van der Waals surface area (Å²) in [5, 5.41) is 12.8. The summed E-state index contributed by atoms with van der Waals surface area (Å²) in [5.41, 5.74) is -0.490. The van der Waals surface area contributed by atoms with Crippen LogP contribution in [0.2, 0.25) is 0 Å². The molecular weight excluding hydrogens is 296 g/mol. The van der Waals surface area contributed by atoms with E-state index < -0.39 is 29.5 Å². The molecule has 21 heavy (non-hydrogen) atoms. The highest BCUT2D eigenvalue weighted by Gasteiger charge is 2.40. The van der Waals surface area contributed by atoms with Gasteiger partial charge in [-0.25, -0.2) is 8.78 Å². The lowest BCUT2D eigenvalue weighted by Gasteiger charge is -2.17. The minimum atomic E-state index is -4.23. The number of benzene rings is 1. The van der Waals surface area contributed by atoms with Gasteiger partial charge in [-0.2, -0.15) is 8.78 Å². The Morgan fingerprint density at radius 3 is 2.43 bits per heavy atom. The summed E-state index contributed by atoms with van der Waals surface area (Å²) in [6, 6.07) is 3.32. The van der Waals surface area contributed by atoms with Gasteiger partial charge in [-0.1, -0.05) is 0 Å². The first-order chi connectivity index (χ1) is 9.61. The van der Waals surface area contributed by atoms with Gasteiger partial charge in [0.05, 0.1) is 23.6 Å². The van der Waals surface area contributed by atoms with Crippen molar-refractivity contribution in [2.75, 3.05) is 11.9 Å². The SMILES string of the molecule is CC(C)Oc1cc(NCC(F)(F)C(F)F)cc([N+](=O)[O-])c1. The van der Waals surface area contributed by atoms with Crippen LogP contribution in [0.3, 0.4) is 0 Å². The summed E-state index contributed by atoms with van der Waals surface area (Å²) in [7, 11) is 0. The number of nitro groups is 1. The number of hydrogen-bond donors (Lipinski definition) is 1. The van der Waals surface area contributed by atoms with Crippen LogP contribution in [0, 0.1) is 10.1 Å². The minimum absolute atomic E-state index is 0.0852. The quantitative estimate of drug-likeness (QED) is 0.474.